The Kier molecular flexibility index (Phi) is 5.31. The summed E-state index contributed by atoms with van der Waals surface area (Å²) in [5.74, 6) is -0.0894. The van der Waals surface area contributed by atoms with Crippen LogP contribution in [0.4, 0.5) is 5.69 Å². The standard InChI is InChI=1S/C22H25N5O2/c1-3-25-13-15-26(16-14-25)22(29)20-23-19(18-11-7-8-12-27(18)20)21(28)24(2)17-9-5-4-6-10-17/h4-12H,3,13-16H2,1-2H3. The van der Waals surface area contributed by atoms with Crippen molar-refractivity contribution in [3.8, 4) is 0 Å². The smallest absolute Gasteiger partial charge is 0.290 e. The van der Waals surface area contributed by atoms with Gasteiger partial charge in [-0.3, -0.25) is 14.0 Å². The highest BCUT2D eigenvalue weighted by atomic mass is 16.2. The molecular formula is C22H25N5O2. The van der Waals surface area contributed by atoms with Crippen LogP contribution in [0.5, 0.6) is 0 Å². The highest BCUT2D eigenvalue weighted by molar-refractivity contribution is 6.10. The summed E-state index contributed by atoms with van der Waals surface area (Å²) >= 11 is 0. The van der Waals surface area contributed by atoms with Gasteiger partial charge >= 0.3 is 0 Å². The van der Waals surface area contributed by atoms with Gasteiger partial charge in [-0.1, -0.05) is 31.2 Å². The van der Waals surface area contributed by atoms with Crippen molar-refractivity contribution in [3.05, 3.63) is 66.2 Å². The Morgan fingerprint density at radius 1 is 1.00 bits per heavy atom. The monoisotopic (exact) mass is 391 g/mol. The molecule has 0 aliphatic carbocycles. The van der Waals surface area contributed by atoms with Crippen LogP contribution in [-0.4, -0.2) is 70.8 Å². The lowest BCUT2D eigenvalue weighted by atomic mass is 10.2. The lowest BCUT2D eigenvalue weighted by molar-refractivity contribution is 0.0630. The van der Waals surface area contributed by atoms with Crippen LogP contribution < -0.4 is 4.90 Å². The minimum absolute atomic E-state index is 0.136. The van der Waals surface area contributed by atoms with Crippen LogP contribution >= 0.6 is 0 Å². The zero-order valence-electron chi connectivity index (χ0n) is 16.8. The molecule has 0 bridgehead atoms. The molecule has 29 heavy (non-hydrogen) atoms. The Hall–Kier alpha value is -3.19. The molecule has 1 saturated heterocycles. The summed E-state index contributed by atoms with van der Waals surface area (Å²) in [5.41, 5.74) is 1.70. The van der Waals surface area contributed by atoms with Crippen LogP contribution in [0, 0.1) is 0 Å². The molecule has 0 saturated carbocycles. The summed E-state index contributed by atoms with van der Waals surface area (Å²) in [6.07, 6.45) is 1.79. The molecule has 3 heterocycles. The molecule has 0 unspecified atom stereocenters. The van der Waals surface area contributed by atoms with Gasteiger partial charge in [0.05, 0.1) is 5.52 Å². The Balaban J connectivity index is 1.67. The second kappa shape index (κ2) is 8.05. The lowest BCUT2D eigenvalue weighted by Crippen LogP contribution is -2.48. The SMILES string of the molecule is CCN1CCN(C(=O)c2nc(C(=O)N(C)c3ccccc3)c3ccccn23)CC1. The number of piperazine rings is 1. The van der Waals surface area contributed by atoms with Gasteiger partial charge in [0.1, 0.15) is 0 Å². The Bertz CT molecular complexity index is 1020. The number of fused-ring (bicyclic) bond motifs is 1. The first-order valence-corrected chi connectivity index (χ1v) is 9.92. The van der Waals surface area contributed by atoms with Gasteiger partial charge in [-0.15, -0.1) is 0 Å². The Labute approximate surface area is 170 Å². The zero-order chi connectivity index (χ0) is 20.4. The van der Waals surface area contributed by atoms with Crippen LogP contribution in [0.15, 0.2) is 54.7 Å². The number of hydrogen-bond donors (Lipinski definition) is 0. The summed E-state index contributed by atoms with van der Waals surface area (Å²) in [6, 6.07) is 14.9. The third-order valence-corrected chi connectivity index (χ3v) is 5.50. The fourth-order valence-corrected chi connectivity index (χ4v) is 3.68. The molecule has 1 aliphatic rings. The van der Waals surface area contributed by atoms with E-state index in [4.69, 9.17) is 0 Å². The predicted molar refractivity (Wildman–Crippen MR) is 112 cm³/mol. The van der Waals surface area contributed by atoms with Crippen molar-refractivity contribution < 1.29 is 9.59 Å². The summed E-state index contributed by atoms with van der Waals surface area (Å²) in [5, 5.41) is 0. The number of pyridine rings is 1. The lowest BCUT2D eigenvalue weighted by Gasteiger charge is -2.33. The van der Waals surface area contributed by atoms with E-state index in [-0.39, 0.29) is 23.3 Å². The van der Waals surface area contributed by atoms with Gasteiger partial charge in [0.25, 0.3) is 11.8 Å². The minimum Gasteiger partial charge on any atom is -0.333 e. The third kappa shape index (κ3) is 3.61. The number of likely N-dealkylation sites (N-methyl/N-ethyl adjacent to an activating group) is 1. The second-order valence-electron chi connectivity index (χ2n) is 7.17. The number of rotatable bonds is 4. The predicted octanol–water partition coefficient (Wildman–Crippen LogP) is 2.39. The van der Waals surface area contributed by atoms with Gasteiger partial charge < -0.3 is 14.7 Å². The van der Waals surface area contributed by atoms with Crippen LogP contribution in [0.3, 0.4) is 0 Å². The first-order valence-electron chi connectivity index (χ1n) is 9.92. The van der Waals surface area contributed by atoms with Crippen LogP contribution in [-0.2, 0) is 0 Å². The number of anilines is 1. The van der Waals surface area contributed by atoms with Crippen molar-refractivity contribution in [3.63, 3.8) is 0 Å². The third-order valence-electron chi connectivity index (χ3n) is 5.50. The number of aromatic nitrogens is 2. The fourth-order valence-electron chi connectivity index (χ4n) is 3.68. The van der Waals surface area contributed by atoms with E-state index in [2.05, 4.69) is 16.8 Å². The normalized spacial score (nSPS) is 14.9. The number of hydrogen-bond acceptors (Lipinski definition) is 4. The maximum atomic E-state index is 13.2. The number of carbonyl (C=O) groups excluding carboxylic acids is 2. The van der Waals surface area contributed by atoms with E-state index in [1.165, 1.54) is 0 Å². The number of carbonyl (C=O) groups is 2. The maximum absolute atomic E-state index is 13.2. The number of benzene rings is 1. The molecule has 7 heteroatoms. The maximum Gasteiger partial charge on any atom is 0.290 e. The summed E-state index contributed by atoms with van der Waals surface area (Å²) < 4.78 is 1.72. The Morgan fingerprint density at radius 3 is 2.38 bits per heavy atom. The van der Waals surface area contributed by atoms with Crippen molar-refractivity contribution in [2.75, 3.05) is 44.7 Å². The van der Waals surface area contributed by atoms with Gasteiger partial charge in [-0.2, -0.15) is 0 Å². The van der Waals surface area contributed by atoms with Crippen molar-refractivity contribution in [2.24, 2.45) is 0 Å². The second-order valence-corrected chi connectivity index (χ2v) is 7.17. The fraction of sp³-hybridized carbons (Fsp3) is 0.318. The summed E-state index contributed by atoms with van der Waals surface area (Å²) in [7, 11) is 1.72. The molecule has 4 rings (SSSR count). The number of nitrogens with zero attached hydrogens (tertiary/aromatic N) is 5. The highest BCUT2D eigenvalue weighted by Gasteiger charge is 2.28. The first-order chi connectivity index (χ1) is 14.1. The largest absolute Gasteiger partial charge is 0.333 e. The van der Waals surface area contributed by atoms with E-state index in [0.717, 1.165) is 25.3 Å². The van der Waals surface area contributed by atoms with Crippen molar-refractivity contribution in [2.45, 2.75) is 6.92 Å². The molecule has 150 valence electrons. The molecule has 1 aliphatic heterocycles. The minimum atomic E-state index is -0.241. The van der Waals surface area contributed by atoms with Crippen LogP contribution in [0.1, 0.15) is 28.0 Å². The molecule has 7 nitrogen and oxygen atoms in total. The molecule has 0 spiro atoms. The molecule has 2 aromatic heterocycles. The molecular weight excluding hydrogens is 366 g/mol. The number of para-hydroxylation sites is 1. The van der Waals surface area contributed by atoms with Crippen LogP contribution in [0.25, 0.3) is 5.52 Å². The van der Waals surface area contributed by atoms with Crippen molar-refractivity contribution >= 4 is 23.0 Å². The molecule has 0 radical (unpaired) electrons. The molecule has 0 atom stereocenters. The molecule has 0 N–H and O–H groups in total. The topological polar surface area (TPSA) is 61.2 Å². The van der Waals surface area contributed by atoms with E-state index >= 15 is 0 Å². The molecule has 1 aromatic carbocycles. The molecule has 1 fully saturated rings. The quantitative estimate of drug-likeness (QED) is 0.685. The highest BCUT2D eigenvalue weighted by Crippen LogP contribution is 2.20. The van der Waals surface area contributed by atoms with E-state index in [9.17, 15) is 9.59 Å². The number of amides is 2. The number of imidazole rings is 1. The average Bonchev–Trinajstić information content (AvgIpc) is 3.18. The van der Waals surface area contributed by atoms with Crippen molar-refractivity contribution in [1.82, 2.24) is 19.2 Å². The van der Waals surface area contributed by atoms with E-state index < -0.39 is 0 Å². The van der Waals surface area contributed by atoms with Gasteiger partial charge in [0.15, 0.2) is 5.69 Å². The van der Waals surface area contributed by atoms with E-state index in [0.29, 0.717) is 18.6 Å². The molecule has 3 aromatic rings. The average molecular weight is 391 g/mol. The van der Waals surface area contributed by atoms with E-state index in [1.807, 2.05) is 53.4 Å². The summed E-state index contributed by atoms with van der Waals surface area (Å²) in [6.45, 7) is 6.16. The zero-order valence-corrected chi connectivity index (χ0v) is 16.8. The van der Waals surface area contributed by atoms with E-state index in [1.54, 1.807) is 22.5 Å². The first kappa shape index (κ1) is 19.1. The Morgan fingerprint density at radius 2 is 1.69 bits per heavy atom. The summed E-state index contributed by atoms with van der Waals surface area (Å²) in [4.78, 5) is 36.6. The van der Waals surface area contributed by atoms with Gasteiger partial charge in [-0.25, -0.2) is 4.98 Å². The molecule has 2 amide bonds. The van der Waals surface area contributed by atoms with Gasteiger partial charge in [0.2, 0.25) is 5.82 Å². The van der Waals surface area contributed by atoms with Gasteiger partial charge in [-0.05, 0) is 30.8 Å². The van der Waals surface area contributed by atoms with Crippen molar-refractivity contribution in [1.29, 1.82) is 0 Å². The van der Waals surface area contributed by atoms with Crippen LogP contribution in [0.2, 0.25) is 0 Å². The van der Waals surface area contributed by atoms with Gasteiger partial charge in [0, 0.05) is 45.1 Å².